The molecule has 2 aromatic heterocycles. The number of thiazole rings is 1. The topological polar surface area (TPSA) is 123 Å². The number of halogens is 4. The number of rotatable bonds is 6. The zero-order valence-corrected chi connectivity index (χ0v) is 18.0. The van der Waals surface area contributed by atoms with Gasteiger partial charge in [-0.2, -0.15) is 18.2 Å². The van der Waals surface area contributed by atoms with Crippen molar-refractivity contribution in [2.75, 3.05) is 23.8 Å². The Labute approximate surface area is 189 Å². The first kappa shape index (κ1) is 22.9. The van der Waals surface area contributed by atoms with Crippen molar-refractivity contribution < 1.29 is 28.5 Å². The number of nitrogens with zero attached hydrogens (tertiary/aromatic N) is 3. The van der Waals surface area contributed by atoms with Crippen LogP contribution < -0.4 is 10.6 Å². The van der Waals surface area contributed by atoms with E-state index < -0.39 is 36.4 Å². The summed E-state index contributed by atoms with van der Waals surface area (Å²) < 4.78 is 38.8. The summed E-state index contributed by atoms with van der Waals surface area (Å²) >= 11 is 7.60. The molecule has 3 unspecified atom stereocenters. The van der Waals surface area contributed by atoms with E-state index >= 15 is 0 Å². The normalized spacial score (nSPS) is 23.6. The Hall–Kier alpha value is -2.25. The average Bonchev–Trinajstić information content (AvgIpc) is 3.26. The van der Waals surface area contributed by atoms with E-state index in [0.717, 1.165) is 4.70 Å². The minimum Gasteiger partial charge on any atom is -0.396 e. The maximum atomic E-state index is 12.7. The summed E-state index contributed by atoms with van der Waals surface area (Å²) in [7, 11) is 0. The molecule has 8 nitrogen and oxygen atoms in total. The molecule has 1 aromatic carbocycles. The third kappa shape index (κ3) is 4.59. The Morgan fingerprint density at radius 2 is 1.97 bits per heavy atom. The Bertz CT molecular complexity index is 1100. The first-order valence-corrected chi connectivity index (χ1v) is 10.8. The summed E-state index contributed by atoms with van der Waals surface area (Å²) in [6, 6.07) is 7.27. The quantitative estimate of drug-likeness (QED) is 0.264. The highest BCUT2D eigenvalue weighted by molar-refractivity contribution is 7.21. The van der Waals surface area contributed by atoms with Crippen LogP contribution in [0.1, 0.15) is 12.8 Å². The molecule has 0 radical (unpaired) electrons. The van der Waals surface area contributed by atoms with E-state index in [2.05, 4.69) is 25.6 Å². The van der Waals surface area contributed by atoms with Gasteiger partial charge in [0, 0.05) is 12.5 Å². The summed E-state index contributed by atoms with van der Waals surface area (Å²) in [6.07, 6.45) is -5.44. The first-order chi connectivity index (χ1) is 15.1. The highest BCUT2D eigenvalue weighted by Crippen LogP contribution is 2.42. The maximum Gasteiger partial charge on any atom is 0.405 e. The predicted molar refractivity (Wildman–Crippen MR) is 115 cm³/mol. The number of aromatic nitrogens is 3. The fraction of sp³-hybridized carbons (Fsp3) is 0.421. The van der Waals surface area contributed by atoms with Crippen molar-refractivity contribution in [2.45, 2.75) is 30.8 Å². The molecular weight excluding hydrogens is 471 g/mol. The fourth-order valence-electron chi connectivity index (χ4n) is 3.58. The van der Waals surface area contributed by atoms with Gasteiger partial charge in [-0.15, -0.1) is 11.3 Å². The zero-order valence-electron chi connectivity index (χ0n) is 16.4. The second-order valence-electron chi connectivity index (χ2n) is 7.49. The van der Waals surface area contributed by atoms with Crippen molar-refractivity contribution in [3.8, 4) is 10.6 Å². The van der Waals surface area contributed by atoms with Crippen LogP contribution in [0.3, 0.4) is 0 Å². The number of nitrogens with one attached hydrogen (secondary N) is 2. The number of aliphatic hydroxyl groups is 3. The van der Waals surface area contributed by atoms with Crippen molar-refractivity contribution in [3.05, 3.63) is 29.4 Å². The van der Waals surface area contributed by atoms with Crippen molar-refractivity contribution in [2.24, 2.45) is 5.92 Å². The smallest absolute Gasteiger partial charge is 0.396 e. The van der Waals surface area contributed by atoms with Crippen molar-refractivity contribution in [1.29, 1.82) is 0 Å². The summed E-state index contributed by atoms with van der Waals surface area (Å²) in [4.78, 5) is 12.5. The van der Waals surface area contributed by atoms with Gasteiger partial charge in [0.25, 0.3) is 0 Å². The van der Waals surface area contributed by atoms with Gasteiger partial charge in [-0.1, -0.05) is 23.7 Å². The lowest BCUT2D eigenvalue weighted by Crippen LogP contribution is -2.48. The number of anilines is 2. The number of hydrogen-bond acceptors (Lipinski definition) is 9. The van der Waals surface area contributed by atoms with Gasteiger partial charge in [0.05, 0.1) is 15.8 Å². The molecule has 0 amide bonds. The SMILES string of the molecule is OCC1CCC(O)(Nc2nc(NCC(F)(F)F)nc(Cl)c2-c2nc3ccccc3s2)C1O. The molecule has 0 bridgehead atoms. The van der Waals surface area contributed by atoms with Gasteiger partial charge in [-0.3, -0.25) is 0 Å². The van der Waals surface area contributed by atoms with Crippen molar-refractivity contribution in [1.82, 2.24) is 15.0 Å². The summed E-state index contributed by atoms with van der Waals surface area (Å²) in [5, 5.41) is 35.9. The van der Waals surface area contributed by atoms with E-state index in [4.69, 9.17) is 11.6 Å². The fourth-order valence-corrected chi connectivity index (χ4v) is 4.91. The minimum absolute atomic E-state index is 0.0750. The van der Waals surface area contributed by atoms with Gasteiger partial charge < -0.3 is 26.0 Å². The number of aliphatic hydroxyl groups excluding tert-OH is 2. The summed E-state index contributed by atoms with van der Waals surface area (Å²) in [5.41, 5.74) is -1.02. The lowest BCUT2D eigenvalue weighted by molar-refractivity contribution is -0.115. The standard InChI is InChI=1S/C19H19ClF3N5O3S/c20-14-12(16-25-10-3-1-2-4-11(10)32-16)15(27-17(26-14)24-8-19(21,22)23)28-18(31)6-5-9(7-29)13(18)30/h1-4,9,13,29-31H,5-8H2,(H2,24,26,27,28). The summed E-state index contributed by atoms with van der Waals surface area (Å²) in [5.74, 6) is -1.07. The molecule has 1 aliphatic rings. The van der Waals surface area contributed by atoms with Gasteiger partial charge in [0.1, 0.15) is 28.6 Å². The van der Waals surface area contributed by atoms with E-state index in [1.165, 1.54) is 11.3 Å². The van der Waals surface area contributed by atoms with E-state index in [1.807, 2.05) is 12.1 Å². The third-order valence-corrected chi connectivity index (χ3v) is 6.55. The number of hydrogen-bond donors (Lipinski definition) is 5. The van der Waals surface area contributed by atoms with Crippen LogP contribution in [0.4, 0.5) is 24.9 Å². The van der Waals surface area contributed by atoms with Crippen LogP contribution >= 0.6 is 22.9 Å². The average molecular weight is 490 g/mol. The van der Waals surface area contributed by atoms with Gasteiger partial charge in [-0.25, -0.2) is 9.97 Å². The molecule has 1 saturated carbocycles. The van der Waals surface area contributed by atoms with Crippen LogP contribution in [0, 0.1) is 5.92 Å². The minimum atomic E-state index is -4.51. The Morgan fingerprint density at radius 1 is 1.22 bits per heavy atom. The van der Waals surface area contributed by atoms with E-state index in [0.29, 0.717) is 16.9 Å². The third-order valence-electron chi connectivity index (χ3n) is 5.22. The Balaban J connectivity index is 1.77. The van der Waals surface area contributed by atoms with Gasteiger partial charge in [-0.05, 0) is 25.0 Å². The molecule has 1 fully saturated rings. The molecule has 13 heteroatoms. The second-order valence-corrected chi connectivity index (χ2v) is 8.88. The molecule has 172 valence electrons. The van der Waals surface area contributed by atoms with E-state index in [9.17, 15) is 28.5 Å². The van der Waals surface area contributed by atoms with Gasteiger partial charge in [0.15, 0.2) is 5.72 Å². The number of alkyl halides is 3. The number of para-hydroxylation sites is 1. The van der Waals surface area contributed by atoms with Gasteiger partial charge >= 0.3 is 6.18 Å². The molecule has 3 aromatic rings. The van der Waals surface area contributed by atoms with Crippen LogP contribution in [0.15, 0.2) is 24.3 Å². The molecule has 0 saturated heterocycles. The Morgan fingerprint density at radius 3 is 2.62 bits per heavy atom. The molecule has 5 N–H and O–H groups in total. The molecule has 1 aliphatic carbocycles. The number of fused-ring (bicyclic) bond motifs is 1. The van der Waals surface area contributed by atoms with Crippen LogP contribution in [0.5, 0.6) is 0 Å². The van der Waals surface area contributed by atoms with Crippen LogP contribution in [0.25, 0.3) is 20.8 Å². The molecule has 2 heterocycles. The molecule has 4 rings (SSSR count). The van der Waals surface area contributed by atoms with Crippen molar-refractivity contribution in [3.63, 3.8) is 0 Å². The Kier molecular flexibility index (Phi) is 6.16. The zero-order chi connectivity index (χ0) is 23.1. The highest BCUT2D eigenvalue weighted by Gasteiger charge is 2.47. The second kappa shape index (κ2) is 8.60. The molecular formula is C19H19ClF3N5O3S. The largest absolute Gasteiger partial charge is 0.405 e. The molecule has 0 aliphatic heterocycles. The monoisotopic (exact) mass is 489 g/mol. The first-order valence-electron chi connectivity index (χ1n) is 9.63. The lowest BCUT2D eigenvalue weighted by atomic mass is 10.0. The highest BCUT2D eigenvalue weighted by atomic mass is 35.5. The maximum absolute atomic E-state index is 12.7. The van der Waals surface area contributed by atoms with Crippen LogP contribution in [-0.2, 0) is 0 Å². The van der Waals surface area contributed by atoms with Crippen molar-refractivity contribution >= 4 is 44.9 Å². The van der Waals surface area contributed by atoms with Crippen LogP contribution in [-0.4, -0.2) is 61.4 Å². The molecule has 0 spiro atoms. The molecule has 32 heavy (non-hydrogen) atoms. The van der Waals surface area contributed by atoms with Gasteiger partial charge in [0.2, 0.25) is 5.95 Å². The van der Waals surface area contributed by atoms with Crippen LogP contribution in [0.2, 0.25) is 5.15 Å². The predicted octanol–water partition coefficient (Wildman–Crippen LogP) is 3.24. The summed E-state index contributed by atoms with van der Waals surface area (Å²) in [6.45, 7) is -1.72. The number of benzene rings is 1. The van der Waals surface area contributed by atoms with E-state index in [-0.39, 0.29) is 29.6 Å². The van der Waals surface area contributed by atoms with E-state index in [1.54, 1.807) is 12.1 Å². The lowest BCUT2D eigenvalue weighted by Gasteiger charge is -2.30. The molecule has 3 atom stereocenters.